The Morgan fingerprint density at radius 3 is 2.74 bits per heavy atom. The van der Waals surface area contributed by atoms with Gasteiger partial charge in [0.2, 0.25) is 5.28 Å². The molecule has 0 spiro atoms. The zero-order valence-corrected chi connectivity index (χ0v) is 14.7. The van der Waals surface area contributed by atoms with Crippen molar-refractivity contribution >= 4 is 33.4 Å². The molecule has 128 valence electrons. The summed E-state index contributed by atoms with van der Waals surface area (Å²) in [5.41, 5.74) is 0. The maximum absolute atomic E-state index is 12.5. The van der Waals surface area contributed by atoms with Crippen molar-refractivity contribution in [2.45, 2.75) is 19.4 Å². The van der Waals surface area contributed by atoms with E-state index in [1.165, 1.54) is 8.61 Å². The van der Waals surface area contributed by atoms with E-state index in [1.54, 1.807) is 13.1 Å². The molecule has 1 atom stereocenters. The Kier molecular flexibility index (Phi) is 4.63. The topological polar surface area (TPSA) is 78.9 Å². The average Bonchev–Trinajstić information content (AvgIpc) is 2.49. The lowest BCUT2D eigenvalue weighted by molar-refractivity contribution is 0.0985. The zero-order chi connectivity index (χ0) is 16.6. The zero-order valence-electron chi connectivity index (χ0n) is 13.1. The van der Waals surface area contributed by atoms with Gasteiger partial charge >= 0.3 is 10.2 Å². The van der Waals surface area contributed by atoms with Crippen molar-refractivity contribution in [3.8, 4) is 0 Å². The monoisotopic (exact) mass is 361 g/mol. The number of nitrogens with zero attached hydrogens (tertiary/aromatic N) is 5. The van der Waals surface area contributed by atoms with E-state index in [4.69, 9.17) is 16.3 Å². The van der Waals surface area contributed by atoms with E-state index >= 15 is 0 Å². The van der Waals surface area contributed by atoms with Crippen LogP contribution < -0.4 is 9.21 Å². The van der Waals surface area contributed by atoms with E-state index < -0.39 is 10.2 Å². The van der Waals surface area contributed by atoms with Gasteiger partial charge in [-0.05, 0) is 24.9 Å². The smallest absolute Gasteiger partial charge is 0.305 e. The molecule has 0 aliphatic carbocycles. The number of ether oxygens (including phenoxy) is 1. The normalized spacial score (nSPS) is 25.6. The Morgan fingerprint density at radius 1 is 1.26 bits per heavy atom. The highest BCUT2D eigenvalue weighted by molar-refractivity contribution is 7.90. The van der Waals surface area contributed by atoms with Gasteiger partial charge < -0.3 is 9.64 Å². The number of rotatable bonds is 2. The van der Waals surface area contributed by atoms with E-state index in [0.29, 0.717) is 44.5 Å². The lowest BCUT2D eigenvalue weighted by Gasteiger charge is -2.36. The molecule has 0 aromatic carbocycles. The molecule has 2 fully saturated rings. The fraction of sp³-hybridized carbons (Fsp3) is 0.692. The van der Waals surface area contributed by atoms with E-state index in [0.717, 1.165) is 6.42 Å². The molecule has 8 nitrogen and oxygen atoms in total. The van der Waals surface area contributed by atoms with Crippen LogP contribution in [0.15, 0.2) is 6.07 Å². The SMILES string of the molecule is CC1COCCN1c1cc(N2CCCN(C)S2(=O)=O)nc(Cl)n1. The van der Waals surface area contributed by atoms with Crippen LogP contribution in [-0.4, -0.2) is 68.6 Å². The quantitative estimate of drug-likeness (QED) is 0.723. The third-order valence-corrected chi connectivity index (χ3v) is 6.16. The van der Waals surface area contributed by atoms with Crippen molar-refractivity contribution in [1.82, 2.24) is 14.3 Å². The minimum absolute atomic E-state index is 0.0413. The highest BCUT2D eigenvalue weighted by Gasteiger charge is 2.33. The van der Waals surface area contributed by atoms with Crippen LogP contribution in [0.1, 0.15) is 13.3 Å². The predicted octanol–water partition coefficient (Wildman–Crippen LogP) is 0.742. The second kappa shape index (κ2) is 6.39. The van der Waals surface area contributed by atoms with Gasteiger partial charge in [-0.15, -0.1) is 0 Å². The largest absolute Gasteiger partial charge is 0.377 e. The van der Waals surface area contributed by atoms with Gasteiger partial charge in [-0.1, -0.05) is 0 Å². The summed E-state index contributed by atoms with van der Waals surface area (Å²) in [6.07, 6.45) is 0.737. The third-order valence-electron chi connectivity index (χ3n) is 4.10. The Labute approximate surface area is 141 Å². The van der Waals surface area contributed by atoms with Crippen LogP contribution in [-0.2, 0) is 14.9 Å². The molecule has 0 N–H and O–H groups in total. The molecule has 2 saturated heterocycles. The number of aromatic nitrogens is 2. The molecule has 0 bridgehead atoms. The number of morpholine rings is 1. The van der Waals surface area contributed by atoms with Gasteiger partial charge in [-0.2, -0.15) is 17.7 Å². The molecule has 3 heterocycles. The first kappa shape index (κ1) is 16.7. The first-order chi connectivity index (χ1) is 10.9. The van der Waals surface area contributed by atoms with Crippen LogP contribution >= 0.6 is 11.6 Å². The summed E-state index contributed by atoms with van der Waals surface area (Å²) in [4.78, 5) is 10.4. The summed E-state index contributed by atoms with van der Waals surface area (Å²) in [6.45, 7) is 4.80. The lowest BCUT2D eigenvalue weighted by Crippen LogP contribution is -2.48. The van der Waals surface area contributed by atoms with E-state index in [2.05, 4.69) is 14.9 Å². The van der Waals surface area contributed by atoms with Crippen LogP contribution in [0.5, 0.6) is 0 Å². The van der Waals surface area contributed by atoms with Gasteiger partial charge in [-0.3, -0.25) is 0 Å². The second-order valence-corrected chi connectivity index (χ2v) is 8.02. The Bertz CT molecular complexity index is 686. The van der Waals surface area contributed by atoms with Crippen molar-refractivity contribution in [3.05, 3.63) is 11.3 Å². The van der Waals surface area contributed by atoms with E-state index in [9.17, 15) is 8.42 Å². The van der Waals surface area contributed by atoms with Crippen LogP contribution in [0, 0.1) is 0 Å². The summed E-state index contributed by atoms with van der Waals surface area (Å²) in [5.74, 6) is 0.935. The van der Waals surface area contributed by atoms with Gasteiger partial charge in [-0.25, -0.2) is 9.29 Å². The fourth-order valence-electron chi connectivity index (χ4n) is 2.81. The fourth-order valence-corrected chi connectivity index (χ4v) is 4.36. The maximum atomic E-state index is 12.5. The average molecular weight is 362 g/mol. The number of anilines is 2. The third kappa shape index (κ3) is 3.23. The van der Waals surface area contributed by atoms with E-state index in [1.807, 2.05) is 6.92 Å². The number of hydrogen-bond donors (Lipinski definition) is 0. The van der Waals surface area contributed by atoms with Gasteiger partial charge in [0.15, 0.2) is 0 Å². The van der Waals surface area contributed by atoms with Crippen molar-refractivity contribution in [2.75, 3.05) is 49.1 Å². The predicted molar refractivity (Wildman–Crippen MR) is 88.2 cm³/mol. The lowest BCUT2D eigenvalue weighted by atomic mass is 10.2. The van der Waals surface area contributed by atoms with Crippen molar-refractivity contribution in [3.63, 3.8) is 0 Å². The number of halogens is 1. The first-order valence-electron chi connectivity index (χ1n) is 7.52. The summed E-state index contributed by atoms with van der Waals surface area (Å²) in [6, 6.07) is 1.83. The van der Waals surface area contributed by atoms with Gasteiger partial charge in [0, 0.05) is 32.7 Å². The molecule has 2 aliphatic heterocycles. The van der Waals surface area contributed by atoms with Gasteiger partial charge in [0.05, 0.1) is 19.3 Å². The van der Waals surface area contributed by atoms with Crippen molar-refractivity contribution in [2.24, 2.45) is 0 Å². The molecule has 10 heteroatoms. The standard InChI is InChI=1S/C13H20ClN5O3S/c1-10-9-22-7-6-18(10)11-8-12(16-13(14)15-11)19-5-3-4-17(2)23(19,20)21/h8,10H,3-7,9H2,1-2H3. The second-order valence-electron chi connectivity index (χ2n) is 5.73. The molecule has 1 aromatic rings. The Hall–Kier alpha value is -1.16. The van der Waals surface area contributed by atoms with Crippen LogP contribution in [0.2, 0.25) is 5.28 Å². The maximum Gasteiger partial charge on any atom is 0.305 e. The molecule has 0 radical (unpaired) electrons. The number of hydrogen-bond acceptors (Lipinski definition) is 6. The van der Waals surface area contributed by atoms with Crippen LogP contribution in [0.3, 0.4) is 0 Å². The first-order valence-corrected chi connectivity index (χ1v) is 9.30. The van der Waals surface area contributed by atoms with Gasteiger partial charge in [0.25, 0.3) is 0 Å². The minimum Gasteiger partial charge on any atom is -0.377 e. The molecule has 0 amide bonds. The Morgan fingerprint density at radius 2 is 2.00 bits per heavy atom. The highest BCUT2D eigenvalue weighted by atomic mass is 35.5. The highest BCUT2D eigenvalue weighted by Crippen LogP contribution is 2.28. The van der Waals surface area contributed by atoms with Crippen LogP contribution in [0.4, 0.5) is 11.6 Å². The molecular weight excluding hydrogens is 342 g/mol. The molecular formula is C13H20ClN5O3S. The Balaban J connectivity index is 1.97. The summed E-state index contributed by atoms with van der Waals surface area (Å²) in [5, 5.41) is 0.0413. The molecule has 3 rings (SSSR count). The minimum atomic E-state index is -3.56. The molecule has 1 unspecified atom stereocenters. The van der Waals surface area contributed by atoms with Crippen LogP contribution in [0.25, 0.3) is 0 Å². The van der Waals surface area contributed by atoms with Crippen molar-refractivity contribution < 1.29 is 13.2 Å². The summed E-state index contributed by atoms with van der Waals surface area (Å²) < 4.78 is 33.0. The summed E-state index contributed by atoms with van der Waals surface area (Å²) >= 11 is 6.05. The van der Waals surface area contributed by atoms with Crippen molar-refractivity contribution in [1.29, 1.82) is 0 Å². The summed E-state index contributed by atoms with van der Waals surface area (Å²) in [7, 11) is -1.99. The molecule has 1 aromatic heterocycles. The molecule has 2 aliphatic rings. The molecule has 23 heavy (non-hydrogen) atoms. The van der Waals surface area contributed by atoms with Gasteiger partial charge in [0.1, 0.15) is 11.6 Å². The molecule has 0 saturated carbocycles. The van der Waals surface area contributed by atoms with E-state index in [-0.39, 0.29) is 11.3 Å².